The van der Waals surface area contributed by atoms with E-state index in [1.165, 1.54) is 21.1 Å². The fourth-order valence-electron chi connectivity index (χ4n) is 2.61. The number of nitrogens with one attached hydrogen (secondary N) is 1. The van der Waals surface area contributed by atoms with Crippen LogP contribution in [0.1, 0.15) is 13.8 Å². The number of sulfonamides is 1. The number of carbonyl (C=O) groups excluding carboxylic acids is 1. The molecule has 2 rings (SSSR count). The fraction of sp³-hybridized carbons (Fsp3) is 0.600. The summed E-state index contributed by atoms with van der Waals surface area (Å²) < 4.78 is 32.9. The molecular formula is C15H23N3O5S. The molecule has 1 saturated heterocycles. The molecule has 1 fully saturated rings. The lowest BCUT2D eigenvalue weighted by Crippen LogP contribution is -2.49. The average Bonchev–Trinajstić information content (AvgIpc) is 2.48. The van der Waals surface area contributed by atoms with E-state index in [1.807, 2.05) is 13.8 Å². The summed E-state index contributed by atoms with van der Waals surface area (Å²) in [5.41, 5.74) is -0.281. The van der Waals surface area contributed by atoms with Gasteiger partial charge in [-0.05, 0) is 19.9 Å². The number of pyridine rings is 1. The van der Waals surface area contributed by atoms with Gasteiger partial charge in [0.2, 0.25) is 15.9 Å². The van der Waals surface area contributed by atoms with Crippen LogP contribution < -0.4 is 10.9 Å². The van der Waals surface area contributed by atoms with Crippen molar-refractivity contribution in [1.29, 1.82) is 0 Å². The van der Waals surface area contributed by atoms with Crippen LogP contribution in [0.15, 0.2) is 29.2 Å². The molecule has 2 heterocycles. The van der Waals surface area contributed by atoms with Crippen molar-refractivity contribution in [3.05, 3.63) is 34.7 Å². The van der Waals surface area contributed by atoms with Gasteiger partial charge in [-0.1, -0.05) is 6.07 Å². The Morgan fingerprint density at radius 1 is 1.29 bits per heavy atom. The number of hydrogen-bond donors (Lipinski definition) is 1. The highest BCUT2D eigenvalue weighted by Gasteiger charge is 2.30. The van der Waals surface area contributed by atoms with E-state index in [-0.39, 0.29) is 36.6 Å². The van der Waals surface area contributed by atoms with E-state index in [0.29, 0.717) is 13.1 Å². The summed E-state index contributed by atoms with van der Waals surface area (Å²) in [6.45, 7) is 4.17. The molecule has 24 heavy (non-hydrogen) atoms. The highest BCUT2D eigenvalue weighted by Crippen LogP contribution is 2.14. The third-order valence-corrected chi connectivity index (χ3v) is 5.48. The van der Waals surface area contributed by atoms with Crippen LogP contribution in [0.5, 0.6) is 0 Å². The van der Waals surface area contributed by atoms with Crippen LogP contribution in [0.25, 0.3) is 0 Å². The highest BCUT2D eigenvalue weighted by molar-refractivity contribution is 7.89. The van der Waals surface area contributed by atoms with Gasteiger partial charge < -0.3 is 14.6 Å². The van der Waals surface area contributed by atoms with Gasteiger partial charge in [-0.15, -0.1) is 0 Å². The summed E-state index contributed by atoms with van der Waals surface area (Å²) in [6, 6.07) is 4.60. The molecule has 0 spiro atoms. The molecule has 0 bridgehead atoms. The Morgan fingerprint density at radius 2 is 1.96 bits per heavy atom. The zero-order valence-corrected chi connectivity index (χ0v) is 14.7. The minimum atomic E-state index is -3.46. The van der Waals surface area contributed by atoms with Crippen LogP contribution in [-0.2, 0) is 26.1 Å². The molecule has 0 aromatic carbocycles. The van der Waals surface area contributed by atoms with E-state index < -0.39 is 15.9 Å². The van der Waals surface area contributed by atoms with Gasteiger partial charge in [-0.2, -0.15) is 4.31 Å². The Hall–Kier alpha value is -1.71. The monoisotopic (exact) mass is 357 g/mol. The van der Waals surface area contributed by atoms with Crippen molar-refractivity contribution in [2.75, 3.05) is 25.4 Å². The third kappa shape index (κ3) is 5.15. The fourth-order valence-corrected chi connectivity index (χ4v) is 4.10. The van der Waals surface area contributed by atoms with Gasteiger partial charge in [0.1, 0.15) is 6.54 Å². The number of carbonyl (C=O) groups is 1. The van der Waals surface area contributed by atoms with Crippen LogP contribution in [0.4, 0.5) is 0 Å². The van der Waals surface area contributed by atoms with Crippen molar-refractivity contribution in [3.63, 3.8) is 0 Å². The molecule has 1 N–H and O–H groups in total. The quantitative estimate of drug-likeness (QED) is 0.733. The summed E-state index contributed by atoms with van der Waals surface area (Å²) in [5, 5.41) is 2.54. The summed E-state index contributed by atoms with van der Waals surface area (Å²) in [4.78, 5) is 23.4. The predicted molar refractivity (Wildman–Crippen MR) is 89.1 cm³/mol. The molecule has 9 heteroatoms. The maximum Gasteiger partial charge on any atom is 0.250 e. The number of nitrogens with zero attached hydrogens (tertiary/aromatic N) is 2. The molecule has 1 aliphatic heterocycles. The van der Waals surface area contributed by atoms with Gasteiger partial charge in [-0.25, -0.2) is 8.42 Å². The molecule has 2 atom stereocenters. The Labute approximate surface area is 141 Å². The predicted octanol–water partition coefficient (Wildman–Crippen LogP) is -0.596. The van der Waals surface area contributed by atoms with Crippen molar-refractivity contribution < 1.29 is 17.9 Å². The maximum absolute atomic E-state index is 12.3. The molecule has 1 aromatic heterocycles. The lowest BCUT2D eigenvalue weighted by molar-refractivity contribution is -0.121. The Morgan fingerprint density at radius 3 is 2.58 bits per heavy atom. The largest absolute Gasteiger partial charge is 0.373 e. The Kier molecular flexibility index (Phi) is 6.14. The van der Waals surface area contributed by atoms with Gasteiger partial charge >= 0.3 is 0 Å². The molecule has 0 aliphatic carbocycles. The number of aromatic nitrogens is 1. The maximum atomic E-state index is 12.3. The van der Waals surface area contributed by atoms with Crippen molar-refractivity contribution in [1.82, 2.24) is 14.2 Å². The first kappa shape index (κ1) is 18.6. The van der Waals surface area contributed by atoms with Crippen molar-refractivity contribution >= 4 is 15.9 Å². The standard InChI is InChI=1S/C15H23N3O5S/c1-12-9-18(10-13(2)23-12)24(21,22)8-6-16-14(19)11-17-7-4-3-5-15(17)20/h3-5,7,12-13H,6,8-11H2,1-2H3,(H,16,19). The van der Waals surface area contributed by atoms with Gasteiger partial charge in [-0.3, -0.25) is 9.59 Å². The molecule has 1 aromatic rings. The van der Waals surface area contributed by atoms with Gasteiger partial charge in [0.25, 0.3) is 5.56 Å². The van der Waals surface area contributed by atoms with E-state index in [4.69, 9.17) is 4.74 Å². The van der Waals surface area contributed by atoms with E-state index in [0.717, 1.165) is 0 Å². The third-order valence-electron chi connectivity index (χ3n) is 3.67. The van der Waals surface area contributed by atoms with Crippen LogP contribution in [0.3, 0.4) is 0 Å². The molecule has 8 nitrogen and oxygen atoms in total. The SMILES string of the molecule is CC1CN(S(=O)(=O)CCNC(=O)Cn2ccccc2=O)CC(C)O1. The summed E-state index contributed by atoms with van der Waals surface area (Å²) >= 11 is 0. The zero-order valence-electron chi connectivity index (χ0n) is 13.8. The van der Waals surface area contributed by atoms with Crippen molar-refractivity contribution in [3.8, 4) is 0 Å². The summed E-state index contributed by atoms with van der Waals surface area (Å²) in [6.07, 6.45) is 1.21. The van der Waals surface area contributed by atoms with Crippen LogP contribution in [0, 0.1) is 0 Å². The minimum Gasteiger partial charge on any atom is -0.373 e. The molecule has 2 unspecified atom stereocenters. The first-order valence-electron chi connectivity index (χ1n) is 7.83. The lowest BCUT2D eigenvalue weighted by Gasteiger charge is -2.34. The van der Waals surface area contributed by atoms with Crippen molar-refractivity contribution in [2.24, 2.45) is 0 Å². The number of amides is 1. The normalized spacial score (nSPS) is 22.2. The number of rotatable bonds is 6. The minimum absolute atomic E-state index is 0.00285. The topological polar surface area (TPSA) is 97.7 Å². The average molecular weight is 357 g/mol. The van der Waals surface area contributed by atoms with Gasteiger partial charge in [0.05, 0.1) is 18.0 Å². The summed E-state index contributed by atoms with van der Waals surface area (Å²) in [5.74, 6) is -0.579. The second-order valence-corrected chi connectivity index (χ2v) is 8.00. The van der Waals surface area contributed by atoms with Crippen LogP contribution in [-0.4, -0.2) is 60.8 Å². The molecule has 0 radical (unpaired) electrons. The Balaban J connectivity index is 1.83. The van der Waals surface area contributed by atoms with E-state index in [1.54, 1.807) is 12.1 Å². The molecule has 1 aliphatic rings. The first-order valence-corrected chi connectivity index (χ1v) is 9.44. The first-order chi connectivity index (χ1) is 11.3. The molecule has 134 valence electrons. The number of morpholine rings is 1. The molecule has 0 saturated carbocycles. The van der Waals surface area contributed by atoms with Gasteiger partial charge in [0.15, 0.2) is 0 Å². The smallest absolute Gasteiger partial charge is 0.250 e. The summed E-state index contributed by atoms with van der Waals surface area (Å²) in [7, 11) is -3.46. The van der Waals surface area contributed by atoms with E-state index in [2.05, 4.69) is 5.32 Å². The van der Waals surface area contributed by atoms with Gasteiger partial charge in [0, 0.05) is 31.9 Å². The highest BCUT2D eigenvalue weighted by atomic mass is 32.2. The van der Waals surface area contributed by atoms with E-state index >= 15 is 0 Å². The van der Waals surface area contributed by atoms with Crippen LogP contribution in [0.2, 0.25) is 0 Å². The second-order valence-electron chi connectivity index (χ2n) is 5.91. The zero-order chi connectivity index (χ0) is 17.7. The Bertz CT molecular complexity index is 721. The molecule has 1 amide bonds. The number of hydrogen-bond acceptors (Lipinski definition) is 5. The van der Waals surface area contributed by atoms with Crippen molar-refractivity contribution in [2.45, 2.75) is 32.6 Å². The van der Waals surface area contributed by atoms with Crippen LogP contribution >= 0.6 is 0 Å². The van der Waals surface area contributed by atoms with E-state index in [9.17, 15) is 18.0 Å². The lowest BCUT2D eigenvalue weighted by atomic mass is 10.3. The number of ether oxygens (including phenoxy) is 1. The second kappa shape index (κ2) is 7.91. The molecular weight excluding hydrogens is 334 g/mol.